The Bertz CT molecular complexity index is 690. The summed E-state index contributed by atoms with van der Waals surface area (Å²) in [5, 5.41) is 14.4. The number of halogens is 2. The Morgan fingerprint density at radius 1 is 1.29 bits per heavy atom. The number of anilines is 1. The quantitative estimate of drug-likeness (QED) is 0.734. The highest BCUT2D eigenvalue weighted by atomic mass is 79.9. The minimum absolute atomic E-state index is 0.0527. The van der Waals surface area contributed by atoms with Crippen LogP contribution >= 0.6 is 38.9 Å². The van der Waals surface area contributed by atoms with Crippen molar-refractivity contribution in [3.8, 4) is 0 Å². The van der Waals surface area contributed by atoms with Gasteiger partial charge in [-0.3, -0.25) is 0 Å². The smallest absolute Gasteiger partial charge is 0.335 e. The Morgan fingerprint density at radius 2 is 2.05 bits per heavy atom. The van der Waals surface area contributed by atoms with Crippen molar-refractivity contribution < 1.29 is 14.7 Å². The number of benzene rings is 1. The molecule has 0 saturated heterocycles. The van der Waals surface area contributed by atoms with E-state index in [-0.39, 0.29) is 16.3 Å². The molecule has 0 radical (unpaired) electrons. The molecule has 1 aromatic carbocycles. The van der Waals surface area contributed by atoms with Crippen molar-refractivity contribution in [3.05, 3.63) is 49.6 Å². The molecular weight excluding hydrogens is 380 g/mol. The molecule has 2 amide bonds. The van der Waals surface area contributed by atoms with Gasteiger partial charge in [0, 0.05) is 4.88 Å². The van der Waals surface area contributed by atoms with Gasteiger partial charge in [-0.15, -0.1) is 11.3 Å². The molecule has 8 heteroatoms. The number of amides is 2. The number of urea groups is 1. The largest absolute Gasteiger partial charge is 0.478 e. The molecule has 0 spiro atoms. The first-order chi connectivity index (χ1) is 9.95. The van der Waals surface area contributed by atoms with Crippen LogP contribution in [-0.2, 0) is 6.54 Å². The van der Waals surface area contributed by atoms with Gasteiger partial charge in [0.15, 0.2) is 0 Å². The zero-order chi connectivity index (χ0) is 15.4. The second-order valence-electron chi connectivity index (χ2n) is 4.01. The number of carbonyl (C=O) groups is 2. The van der Waals surface area contributed by atoms with Crippen LogP contribution in [0.25, 0.3) is 0 Å². The maximum atomic E-state index is 11.8. The lowest BCUT2D eigenvalue weighted by Gasteiger charge is -2.09. The topological polar surface area (TPSA) is 78.4 Å². The zero-order valence-electron chi connectivity index (χ0n) is 10.5. The highest BCUT2D eigenvalue weighted by Gasteiger charge is 2.10. The van der Waals surface area contributed by atoms with Crippen molar-refractivity contribution in [1.82, 2.24) is 5.32 Å². The zero-order valence-corrected chi connectivity index (χ0v) is 13.7. The van der Waals surface area contributed by atoms with Crippen molar-refractivity contribution in [1.29, 1.82) is 0 Å². The lowest BCUT2D eigenvalue weighted by molar-refractivity contribution is 0.0697. The van der Waals surface area contributed by atoms with Crippen molar-refractivity contribution in [2.45, 2.75) is 6.54 Å². The summed E-state index contributed by atoms with van der Waals surface area (Å²) in [6.45, 7) is 0.373. The van der Waals surface area contributed by atoms with Gasteiger partial charge in [0.05, 0.1) is 26.6 Å². The minimum Gasteiger partial charge on any atom is -0.478 e. The van der Waals surface area contributed by atoms with Gasteiger partial charge >= 0.3 is 12.0 Å². The molecule has 21 heavy (non-hydrogen) atoms. The molecule has 0 aliphatic rings. The third-order valence-electron chi connectivity index (χ3n) is 2.51. The lowest BCUT2D eigenvalue weighted by Crippen LogP contribution is -2.28. The van der Waals surface area contributed by atoms with Gasteiger partial charge in [-0.1, -0.05) is 11.6 Å². The van der Waals surface area contributed by atoms with Crippen LogP contribution in [0.2, 0.25) is 5.02 Å². The molecule has 3 N–H and O–H groups in total. The van der Waals surface area contributed by atoms with Crippen LogP contribution in [0.15, 0.2) is 34.1 Å². The first-order valence-electron chi connectivity index (χ1n) is 5.77. The fraction of sp³-hybridized carbons (Fsp3) is 0.0769. The second kappa shape index (κ2) is 6.93. The van der Waals surface area contributed by atoms with E-state index in [4.69, 9.17) is 16.7 Å². The van der Waals surface area contributed by atoms with Crippen LogP contribution in [0.5, 0.6) is 0 Å². The van der Waals surface area contributed by atoms with Crippen molar-refractivity contribution in [2.24, 2.45) is 0 Å². The molecule has 1 aromatic heterocycles. The summed E-state index contributed by atoms with van der Waals surface area (Å²) in [5.41, 5.74) is 0.304. The summed E-state index contributed by atoms with van der Waals surface area (Å²) in [5.74, 6) is -1.08. The normalized spacial score (nSPS) is 10.2. The number of carbonyl (C=O) groups excluding carboxylic acids is 1. The monoisotopic (exact) mass is 388 g/mol. The van der Waals surface area contributed by atoms with Crippen LogP contribution in [0.1, 0.15) is 15.2 Å². The molecule has 0 bridgehead atoms. The van der Waals surface area contributed by atoms with E-state index in [0.717, 1.165) is 8.66 Å². The Kier molecular flexibility index (Phi) is 5.22. The Morgan fingerprint density at radius 3 is 2.67 bits per heavy atom. The number of hydrogen-bond acceptors (Lipinski definition) is 3. The SMILES string of the molecule is O=C(NCc1ccc(Br)s1)Nc1cc(C(=O)O)ccc1Cl. The molecule has 110 valence electrons. The fourth-order valence-corrected chi connectivity index (χ4v) is 3.12. The summed E-state index contributed by atoms with van der Waals surface area (Å²) in [6.07, 6.45) is 0. The molecule has 0 aliphatic heterocycles. The highest BCUT2D eigenvalue weighted by Crippen LogP contribution is 2.24. The van der Waals surface area contributed by atoms with E-state index in [1.54, 1.807) is 0 Å². The third-order valence-corrected chi connectivity index (χ3v) is 4.47. The van der Waals surface area contributed by atoms with Crippen molar-refractivity contribution >= 4 is 56.6 Å². The molecule has 0 atom stereocenters. The van der Waals surface area contributed by atoms with Crippen LogP contribution in [0.4, 0.5) is 10.5 Å². The summed E-state index contributed by atoms with van der Waals surface area (Å²) in [7, 11) is 0. The van der Waals surface area contributed by atoms with E-state index in [0.29, 0.717) is 6.54 Å². The number of carboxylic acids is 1. The van der Waals surface area contributed by atoms with Gasteiger partial charge in [0.2, 0.25) is 0 Å². The molecule has 0 fully saturated rings. The number of rotatable bonds is 4. The number of thiophene rings is 1. The number of hydrogen-bond donors (Lipinski definition) is 3. The molecule has 0 saturated carbocycles. The average Bonchev–Trinajstić information content (AvgIpc) is 2.84. The van der Waals surface area contributed by atoms with Crippen molar-refractivity contribution in [2.75, 3.05) is 5.32 Å². The molecular formula is C13H10BrClN2O3S. The van der Waals surface area contributed by atoms with Gasteiger partial charge in [-0.05, 0) is 46.3 Å². The number of nitrogens with one attached hydrogen (secondary N) is 2. The van der Waals surface area contributed by atoms with Crippen LogP contribution in [-0.4, -0.2) is 17.1 Å². The van der Waals surface area contributed by atoms with Gasteiger partial charge in [-0.25, -0.2) is 9.59 Å². The molecule has 2 rings (SSSR count). The summed E-state index contributed by atoms with van der Waals surface area (Å²) in [4.78, 5) is 23.7. The lowest BCUT2D eigenvalue weighted by atomic mass is 10.2. The van der Waals surface area contributed by atoms with E-state index < -0.39 is 12.0 Å². The van der Waals surface area contributed by atoms with Crippen LogP contribution in [0, 0.1) is 0 Å². The van der Waals surface area contributed by atoms with Crippen LogP contribution < -0.4 is 10.6 Å². The summed E-state index contributed by atoms with van der Waals surface area (Å²) in [6, 6.07) is 7.45. The first kappa shape index (κ1) is 15.8. The van der Waals surface area contributed by atoms with E-state index in [2.05, 4.69) is 26.6 Å². The average molecular weight is 390 g/mol. The van der Waals surface area contributed by atoms with Gasteiger partial charge in [0.25, 0.3) is 0 Å². The molecule has 0 aliphatic carbocycles. The summed E-state index contributed by atoms with van der Waals surface area (Å²) < 4.78 is 0.983. The maximum Gasteiger partial charge on any atom is 0.335 e. The molecule has 0 unspecified atom stereocenters. The van der Waals surface area contributed by atoms with E-state index in [1.807, 2.05) is 12.1 Å². The second-order valence-corrected chi connectivity index (χ2v) is 6.97. The molecule has 2 aromatic rings. The minimum atomic E-state index is -1.08. The number of aromatic carboxylic acids is 1. The third kappa shape index (κ3) is 4.45. The van der Waals surface area contributed by atoms with Crippen LogP contribution in [0.3, 0.4) is 0 Å². The highest BCUT2D eigenvalue weighted by molar-refractivity contribution is 9.11. The first-order valence-corrected chi connectivity index (χ1v) is 7.76. The van der Waals surface area contributed by atoms with E-state index in [9.17, 15) is 9.59 Å². The van der Waals surface area contributed by atoms with Crippen molar-refractivity contribution in [3.63, 3.8) is 0 Å². The molecule has 1 heterocycles. The van der Waals surface area contributed by atoms with Gasteiger partial charge < -0.3 is 15.7 Å². The Labute approximate surface area is 138 Å². The predicted molar refractivity (Wildman–Crippen MR) is 86.3 cm³/mol. The Hall–Kier alpha value is -1.57. The van der Waals surface area contributed by atoms with E-state index in [1.165, 1.54) is 29.5 Å². The van der Waals surface area contributed by atoms with Gasteiger partial charge in [0.1, 0.15) is 0 Å². The summed E-state index contributed by atoms with van der Waals surface area (Å²) >= 11 is 10.8. The molecule has 5 nitrogen and oxygen atoms in total. The van der Waals surface area contributed by atoms with E-state index >= 15 is 0 Å². The van der Waals surface area contributed by atoms with Gasteiger partial charge in [-0.2, -0.15) is 0 Å². The standard InChI is InChI=1S/C13H10BrClN2O3S/c14-11-4-2-8(21-11)6-16-13(20)17-10-5-7(12(18)19)1-3-9(10)15/h1-5H,6H2,(H,18,19)(H2,16,17,20). The Balaban J connectivity index is 1.99. The predicted octanol–water partition coefficient (Wildman–Crippen LogP) is 4.18. The maximum absolute atomic E-state index is 11.8. The number of carboxylic acid groups (broad SMARTS) is 1. The fourth-order valence-electron chi connectivity index (χ4n) is 1.53.